The number of rotatable bonds is 8. The number of amides is 2. The molecule has 0 fully saturated rings. The summed E-state index contributed by atoms with van der Waals surface area (Å²) in [6, 6.07) is 25.2. The SMILES string of the molecule is CN(C)c1ccc(NC(=O)c2ccccc2Cl)cc1CN(Cc1ccc(F)cc1)C(=O)c1ccccc1Cl. The summed E-state index contributed by atoms with van der Waals surface area (Å²) in [5.41, 5.74) is 3.72. The number of nitrogens with zero attached hydrogens (tertiary/aromatic N) is 2. The fourth-order valence-electron chi connectivity index (χ4n) is 4.09. The molecule has 4 aromatic rings. The van der Waals surface area contributed by atoms with Gasteiger partial charge >= 0.3 is 0 Å². The summed E-state index contributed by atoms with van der Waals surface area (Å²) in [5, 5.41) is 3.59. The molecule has 2 amide bonds. The number of halogens is 3. The van der Waals surface area contributed by atoms with Gasteiger partial charge in [-0.15, -0.1) is 0 Å². The third-order valence-corrected chi connectivity index (χ3v) is 6.64. The van der Waals surface area contributed by atoms with Gasteiger partial charge in [-0.1, -0.05) is 59.6 Å². The second-order valence-electron chi connectivity index (χ2n) is 8.94. The predicted molar refractivity (Wildman–Crippen MR) is 152 cm³/mol. The zero-order chi connectivity index (χ0) is 27.2. The van der Waals surface area contributed by atoms with Crippen LogP contribution in [0.15, 0.2) is 91.0 Å². The molecule has 0 spiro atoms. The molecule has 0 radical (unpaired) electrons. The fraction of sp³-hybridized carbons (Fsp3) is 0.133. The van der Waals surface area contributed by atoms with Crippen LogP contribution in [0.5, 0.6) is 0 Å². The number of carbonyl (C=O) groups excluding carboxylic acids is 2. The first-order valence-corrected chi connectivity index (χ1v) is 12.6. The van der Waals surface area contributed by atoms with E-state index in [0.29, 0.717) is 26.9 Å². The zero-order valence-electron chi connectivity index (χ0n) is 20.9. The lowest BCUT2D eigenvalue weighted by atomic mass is 10.1. The molecule has 4 aromatic carbocycles. The molecule has 1 N–H and O–H groups in total. The lowest BCUT2D eigenvalue weighted by Gasteiger charge is -2.27. The zero-order valence-corrected chi connectivity index (χ0v) is 22.4. The molecule has 0 aliphatic carbocycles. The maximum atomic E-state index is 13.7. The minimum absolute atomic E-state index is 0.213. The monoisotopic (exact) mass is 549 g/mol. The van der Waals surface area contributed by atoms with Crippen molar-refractivity contribution in [3.63, 3.8) is 0 Å². The predicted octanol–water partition coefficient (Wildman–Crippen LogP) is 7.29. The third kappa shape index (κ3) is 6.52. The largest absolute Gasteiger partial charge is 0.377 e. The Morgan fingerprint density at radius 3 is 2.00 bits per heavy atom. The minimum Gasteiger partial charge on any atom is -0.377 e. The van der Waals surface area contributed by atoms with Gasteiger partial charge in [0.15, 0.2) is 0 Å². The molecule has 38 heavy (non-hydrogen) atoms. The van der Waals surface area contributed by atoms with E-state index in [1.54, 1.807) is 71.6 Å². The van der Waals surface area contributed by atoms with Crippen LogP contribution in [-0.4, -0.2) is 30.8 Å². The molecule has 0 saturated carbocycles. The van der Waals surface area contributed by atoms with Gasteiger partial charge in [-0.05, 0) is 65.7 Å². The molecule has 0 aliphatic heterocycles. The molecule has 8 heteroatoms. The second kappa shape index (κ2) is 12.1. The second-order valence-corrected chi connectivity index (χ2v) is 9.75. The highest BCUT2D eigenvalue weighted by atomic mass is 35.5. The van der Waals surface area contributed by atoms with Gasteiger partial charge in [0.1, 0.15) is 5.82 Å². The lowest BCUT2D eigenvalue weighted by molar-refractivity contribution is 0.0730. The van der Waals surface area contributed by atoms with E-state index < -0.39 is 0 Å². The number of hydrogen-bond donors (Lipinski definition) is 1. The Morgan fingerprint density at radius 1 is 0.789 bits per heavy atom. The molecule has 0 bridgehead atoms. The van der Waals surface area contributed by atoms with E-state index in [4.69, 9.17) is 23.2 Å². The molecule has 0 aliphatic rings. The maximum absolute atomic E-state index is 13.7. The van der Waals surface area contributed by atoms with E-state index in [9.17, 15) is 14.0 Å². The Labute approximate surface area is 231 Å². The van der Waals surface area contributed by atoms with Gasteiger partial charge in [0.25, 0.3) is 11.8 Å². The Hall–Kier alpha value is -3.87. The fourth-order valence-corrected chi connectivity index (χ4v) is 4.53. The quantitative estimate of drug-likeness (QED) is 0.251. The number of benzene rings is 4. The van der Waals surface area contributed by atoms with Gasteiger partial charge in [0.05, 0.1) is 21.2 Å². The molecule has 0 aromatic heterocycles. The van der Waals surface area contributed by atoms with Crippen LogP contribution < -0.4 is 10.2 Å². The molecular weight excluding hydrogens is 524 g/mol. The van der Waals surface area contributed by atoms with Crippen molar-refractivity contribution in [2.45, 2.75) is 13.1 Å². The van der Waals surface area contributed by atoms with Crippen LogP contribution in [0.2, 0.25) is 10.0 Å². The number of nitrogens with one attached hydrogen (secondary N) is 1. The van der Waals surface area contributed by atoms with Crippen molar-refractivity contribution in [3.05, 3.63) is 129 Å². The summed E-state index contributed by atoms with van der Waals surface area (Å²) >= 11 is 12.6. The minimum atomic E-state index is -0.352. The van der Waals surface area contributed by atoms with Gasteiger partial charge in [-0.3, -0.25) is 9.59 Å². The van der Waals surface area contributed by atoms with Crippen molar-refractivity contribution in [2.24, 2.45) is 0 Å². The topological polar surface area (TPSA) is 52.7 Å². The summed E-state index contributed by atoms with van der Waals surface area (Å²) < 4.78 is 13.5. The van der Waals surface area contributed by atoms with Crippen molar-refractivity contribution in [3.8, 4) is 0 Å². The average molecular weight is 550 g/mol. The number of anilines is 2. The van der Waals surface area contributed by atoms with Crippen molar-refractivity contribution >= 4 is 46.4 Å². The van der Waals surface area contributed by atoms with E-state index in [2.05, 4.69) is 5.32 Å². The van der Waals surface area contributed by atoms with Crippen LogP contribution >= 0.6 is 23.2 Å². The Bertz CT molecular complexity index is 1460. The van der Waals surface area contributed by atoms with Crippen LogP contribution in [0, 0.1) is 5.82 Å². The first kappa shape index (κ1) is 27.2. The average Bonchev–Trinajstić information content (AvgIpc) is 2.89. The lowest BCUT2D eigenvalue weighted by Crippen LogP contribution is -2.31. The maximum Gasteiger partial charge on any atom is 0.257 e. The van der Waals surface area contributed by atoms with Crippen molar-refractivity contribution < 1.29 is 14.0 Å². The van der Waals surface area contributed by atoms with Gasteiger partial charge in [0, 0.05) is 38.6 Å². The highest BCUT2D eigenvalue weighted by molar-refractivity contribution is 6.34. The number of carbonyl (C=O) groups is 2. The van der Waals surface area contributed by atoms with Gasteiger partial charge in [-0.2, -0.15) is 0 Å². The molecule has 0 saturated heterocycles. The highest BCUT2D eigenvalue weighted by Gasteiger charge is 2.21. The van der Waals surface area contributed by atoms with E-state index in [-0.39, 0.29) is 30.7 Å². The third-order valence-electron chi connectivity index (χ3n) is 5.98. The van der Waals surface area contributed by atoms with Gasteiger partial charge in [0.2, 0.25) is 0 Å². The summed E-state index contributed by atoms with van der Waals surface area (Å²) in [6.45, 7) is 0.443. The van der Waals surface area contributed by atoms with E-state index in [0.717, 1.165) is 16.8 Å². The summed E-state index contributed by atoms with van der Waals surface area (Å²) in [6.07, 6.45) is 0. The van der Waals surface area contributed by atoms with Gasteiger partial charge in [-0.25, -0.2) is 4.39 Å². The summed E-state index contributed by atoms with van der Waals surface area (Å²) in [4.78, 5) is 30.1. The first-order chi connectivity index (χ1) is 18.2. The molecule has 0 unspecified atom stereocenters. The van der Waals surface area contributed by atoms with Crippen LogP contribution in [0.25, 0.3) is 0 Å². The number of hydrogen-bond acceptors (Lipinski definition) is 3. The molecule has 194 valence electrons. The van der Waals surface area contributed by atoms with Crippen LogP contribution in [0.4, 0.5) is 15.8 Å². The summed E-state index contributed by atoms with van der Waals surface area (Å²) in [5.74, 6) is -0.959. The molecule has 0 heterocycles. The van der Waals surface area contributed by atoms with E-state index in [1.807, 2.05) is 31.1 Å². The highest BCUT2D eigenvalue weighted by Crippen LogP contribution is 2.28. The van der Waals surface area contributed by atoms with Crippen LogP contribution in [0.1, 0.15) is 31.8 Å². The molecule has 4 rings (SSSR count). The van der Waals surface area contributed by atoms with Crippen molar-refractivity contribution in [1.82, 2.24) is 4.90 Å². The van der Waals surface area contributed by atoms with E-state index >= 15 is 0 Å². The van der Waals surface area contributed by atoms with Crippen molar-refractivity contribution in [2.75, 3.05) is 24.3 Å². The van der Waals surface area contributed by atoms with E-state index in [1.165, 1.54) is 12.1 Å². The van der Waals surface area contributed by atoms with Crippen molar-refractivity contribution in [1.29, 1.82) is 0 Å². The summed E-state index contributed by atoms with van der Waals surface area (Å²) in [7, 11) is 3.81. The van der Waals surface area contributed by atoms with Gasteiger partial charge < -0.3 is 15.1 Å². The molecule has 5 nitrogen and oxygen atoms in total. The van der Waals surface area contributed by atoms with Crippen LogP contribution in [-0.2, 0) is 13.1 Å². The Kier molecular flexibility index (Phi) is 8.66. The Morgan fingerprint density at radius 2 is 1.39 bits per heavy atom. The first-order valence-electron chi connectivity index (χ1n) is 11.9. The van der Waals surface area contributed by atoms with Crippen LogP contribution in [0.3, 0.4) is 0 Å². The smallest absolute Gasteiger partial charge is 0.257 e. The Balaban J connectivity index is 1.69. The molecule has 0 atom stereocenters. The molecular formula is C30H26Cl2FN3O2. The normalized spacial score (nSPS) is 10.7. The standard InChI is InChI=1S/C30H26Cl2FN3O2/c1-35(2)28-16-15-23(34-29(37)24-7-3-5-9-26(24)31)17-21(28)19-36(18-20-11-13-22(33)14-12-20)30(38)25-8-4-6-10-27(25)32/h3-17H,18-19H2,1-2H3,(H,34,37).